The summed E-state index contributed by atoms with van der Waals surface area (Å²) >= 11 is 0. The first-order chi connectivity index (χ1) is 14.6. The molecule has 0 aromatic carbocycles. The van der Waals surface area contributed by atoms with Crippen LogP contribution in [-0.2, 0) is 14.8 Å². The minimum absolute atomic E-state index is 0.224. The van der Waals surface area contributed by atoms with Crippen LogP contribution >= 0.6 is 0 Å². The van der Waals surface area contributed by atoms with E-state index in [1.165, 1.54) is 0 Å². The number of ether oxygens (including phenoxy) is 1. The number of aromatic nitrogens is 3. The number of piperidine rings is 2. The SMILES string of the molecule is CC(C)(C)OC(=O)N1CCC(S(=O)(=O)N2CCC(c3ncnc4[nH]ccc34)CC2)CC1. The third-order valence-electron chi connectivity index (χ3n) is 6.10. The van der Waals surface area contributed by atoms with Crippen LogP contribution in [0.4, 0.5) is 4.79 Å². The number of hydrogen-bond acceptors (Lipinski definition) is 6. The van der Waals surface area contributed by atoms with E-state index in [-0.39, 0.29) is 12.0 Å². The summed E-state index contributed by atoms with van der Waals surface area (Å²) in [6.45, 7) is 7.28. The summed E-state index contributed by atoms with van der Waals surface area (Å²) in [6.07, 6.45) is 5.42. The zero-order valence-corrected chi connectivity index (χ0v) is 19.2. The number of nitrogens with zero attached hydrogens (tertiary/aromatic N) is 4. The number of H-pyrrole nitrogens is 1. The maximum atomic E-state index is 13.2. The normalized spacial score (nSPS) is 20.3. The molecule has 2 aromatic heterocycles. The molecule has 1 amide bonds. The van der Waals surface area contributed by atoms with Crippen LogP contribution in [0.2, 0.25) is 0 Å². The number of rotatable bonds is 3. The Morgan fingerprint density at radius 1 is 1.10 bits per heavy atom. The molecule has 31 heavy (non-hydrogen) atoms. The highest BCUT2D eigenvalue weighted by Gasteiger charge is 2.38. The first-order valence-electron chi connectivity index (χ1n) is 10.9. The largest absolute Gasteiger partial charge is 0.444 e. The van der Waals surface area contributed by atoms with E-state index in [1.807, 2.05) is 33.0 Å². The van der Waals surface area contributed by atoms with E-state index >= 15 is 0 Å². The molecule has 4 heterocycles. The van der Waals surface area contributed by atoms with E-state index in [2.05, 4.69) is 15.0 Å². The van der Waals surface area contributed by atoms with Gasteiger partial charge in [-0.05, 0) is 52.5 Å². The molecule has 2 aliphatic heterocycles. The van der Waals surface area contributed by atoms with Gasteiger partial charge in [-0.25, -0.2) is 27.5 Å². The molecule has 10 heteroatoms. The molecule has 2 fully saturated rings. The molecule has 0 spiro atoms. The second-order valence-electron chi connectivity index (χ2n) is 9.38. The van der Waals surface area contributed by atoms with E-state index in [1.54, 1.807) is 15.5 Å². The Labute approximate surface area is 183 Å². The molecule has 0 saturated carbocycles. The average Bonchev–Trinajstić information content (AvgIpc) is 3.22. The number of likely N-dealkylation sites (tertiary alicyclic amines) is 1. The van der Waals surface area contributed by atoms with Gasteiger partial charge in [-0.15, -0.1) is 0 Å². The van der Waals surface area contributed by atoms with Crippen molar-refractivity contribution in [1.82, 2.24) is 24.2 Å². The minimum Gasteiger partial charge on any atom is -0.444 e. The summed E-state index contributed by atoms with van der Waals surface area (Å²) < 4.78 is 33.5. The van der Waals surface area contributed by atoms with E-state index in [0.717, 1.165) is 29.6 Å². The Kier molecular flexibility index (Phi) is 5.95. The zero-order valence-electron chi connectivity index (χ0n) is 18.4. The molecule has 0 aliphatic carbocycles. The first-order valence-corrected chi connectivity index (χ1v) is 12.4. The monoisotopic (exact) mass is 449 g/mol. The summed E-state index contributed by atoms with van der Waals surface area (Å²) in [5, 5.41) is 0.566. The smallest absolute Gasteiger partial charge is 0.410 e. The zero-order chi connectivity index (χ0) is 22.2. The minimum atomic E-state index is -3.39. The van der Waals surface area contributed by atoms with Crippen LogP contribution in [0, 0.1) is 0 Å². The van der Waals surface area contributed by atoms with Gasteiger partial charge >= 0.3 is 6.09 Å². The van der Waals surface area contributed by atoms with Crippen molar-refractivity contribution in [1.29, 1.82) is 0 Å². The maximum Gasteiger partial charge on any atom is 0.410 e. The third kappa shape index (κ3) is 4.69. The topological polar surface area (TPSA) is 108 Å². The lowest BCUT2D eigenvalue weighted by Crippen LogP contribution is -2.49. The van der Waals surface area contributed by atoms with Gasteiger partial charge in [-0.3, -0.25) is 0 Å². The van der Waals surface area contributed by atoms with E-state index in [9.17, 15) is 13.2 Å². The summed E-state index contributed by atoms with van der Waals surface area (Å²) in [5.74, 6) is 0.224. The molecule has 2 aliphatic rings. The summed E-state index contributed by atoms with van der Waals surface area (Å²) in [6, 6.07) is 1.98. The number of sulfonamides is 1. The van der Waals surface area contributed by atoms with Crippen LogP contribution in [0.15, 0.2) is 18.6 Å². The lowest BCUT2D eigenvalue weighted by atomic mass is 9.93. The maximum absolute atomic E-state index is 13.2. The Morgan fingerprint density at radius 2 is 1.77 bits per heavy atom. The van der Waals surface area contributed by atoms with Crippen molar-refractivity contribution >= 4 is 27.1 Å². The van der Waals surface area contributed by atoms with Crippen LogP contribution in [0.1, 0.15) is 58.1 Å². The van der Waals surface area contributed by atoms with Crippen molar-refractivity contribution in [2.75, 3.05) is 26.2 Å². The van der Waals surface area contributed by atoms with Crippen molar-refractivity contribution in [2.45, 2.75) is 63.2 Å². The number of carbonyl (C=O) groups is 1. The van der Waals surface area contributed by atoms with Gasteiger partial charge < -0.3 is 14.6 Å². The third-order valence-corrected chi connectivity index (χ3v) is 8.50. The summed E-state index contributed by atoms with van der Waals surface area (Å²) in [7, 11) is -3.39. The van der Waals surface area contributed by atoms with Crippen LogP contribution < -0.4 is 0 Å². The van der Waals surface area contributed by atoms with E-state index in [0.29, 0.717) is 39.0 Å². The van der Waals surface area contributed by atoms with Gasteiger partial charge in [0.15, 0.2) is 0 Å². The van der Waals surface area contributed by atoms with Crippen molar-refractivity contribution in [2.24, 2.45) is 0 Å². The number of fused-ring (bicyclic) bond motifs is 1. The lowest BCUT2D eigenvalue weighted by molar-refractivity contribution is 0.0216. The molecule has 2 aromatic rings. The highest BCUT2D eigenvalue weighted by atomic mass is 32.2. The number of aromatic amines is 1. The van der Waals surface area contributed by atoms with Crippen molar-refractivity contribution in [3.63, 3.8) is 0 Å². The molecule has 170 valence electrons. The molecule has 0 atom stereocenters. The predicted molar refractivity (Wildman–Crippen MR) is 117 cm³/mol. The number of hydrogen-bond donors (Lipinski definition) is 1. The Morgan fingerprint density at radius 3 is 2.42 bits per heavy atom. The molecular weight excluding hydrogens is 418 g/mol. The van der Waals surface area contributed by atoms with Crippen LogP contribution in [0.5, 0.6) is 0 Å². The summed E-state index contributed by atoms with van der Waals surface area (Å²) in [5.41, 5.74) is 1.26. The predicted octanol–water partition coefficient (Wildman–Crippen LogP) is 2.87. The molecule has 0 unspecified atom stereocenters. The molecule has 9 nitrogen and oxygen atoms in total. The fourth-order valence-electron chi connectivity index (χ4n) is 4.48. The number of nitrogens with one attached hydrogen (secondary N) is 1. The van der Waals surface area contributed by atoms with Gasteiger partial charge in [0.05, 0.1) is 10.9 Å². The van der Waals surface area contributed by atoms with Crippen LogP contribution in [-0.4, -0.2) is 75.7 Å². The van der Waals surface area contributed by atoms with Crippen LogP contribution in [0.25, 0.3) is 11.0 Å². The van der Waals surface area contributed by atoms with Gasteiger partial charge in [0.2, 0.25) is 10.0 Å². The average molecular weight is 450 g/mol. The van der Waals surface area contributed by atoms with Gasteiger partial charge in [-0.1, -0.05) is 0 Å². The first kappa shape index (κ1) is 22.0. The molecular formula is C21H31N5O4S. The van der Waals surface area contributed by atoms with Crippen molar-refractivity contribution in [3.05, 3.63) is 24.3 Å². The molecule has 2 saturated heterocycles. The van der Waals surface area contributed by atoms with E-state index in [4.69, 9.17) is 4.74 Å². The Hall–Kier alpha value is -2.20. The van der Waals surface area contributed by atoms with Gasteiger partial charge in [0.1, 0.15) is 17.6 Å². The van der Waals surface area contributed by atoms with Gasteiger partial charge in [-0.2, -0.15) is 0 Å². The highest BCUT2D eigenvalue weighted by molar-refractivity contribution is 7.89. The van der Waals surface area contributed by atoms with Gasteiger partial charge in [0, 0.05) is 43.7 Å². The fourth-order valence-corrected chi connectivity index (χ4v) is 6.42. The van der Waals surface area contributed by atoms with Gasteiger partial charge in [0.25, 0.3) is 0 Å². The highest BCUT2D eigenvalue weighted by Crippen LogP contribution is 2.33. The molecule has 0 bridgehead atoms. The Bertz CT molecular complexity index is 1030. The molecule has 0 radical (unpaired) electrons. The second-order valence-corrected chi connectivity index (χ2v) is 11.6. The quantitative estimate of drug-likeness (QED) is 0.772. The van der Waals surface area contributed by atoms with E-state index < -0.39 is 20.9 Å². The second kappa shape index (κ2) is 8.38. The lowest BCUT2D eigenvalue weighted by Gasteiger charge is -2.37. The molecule has 4 rings (SSSR count). The fraction of sp³-hybridized carbons (Fsp3) is 0.667. The number of carbonyl (C=O) groups excluding carboxylic acids is 1. The summed E-state index contributed by atoms with van der Waals surface area (Å²) in [4.78, 5) is 25.7. The van der Waals surface area contributed by atoms with Crippen LogP contribution in [0.3, 0.4) is 0 Å². The van der Waals surface area contributed by atoms with Crippen molar-refractivity contribution < 1.29 is 17.9 Å². The Balaban J connectivity index is 1.34. The molecule has 1 N–H and O–H groups in total. The number of amides is 1. The van der Waals surface area contributed by atoms with Crippen molar-refractivity contribution in [3.8, 4) is 0 Å². The standard InChI is InChI=1S/C21H31N5O4S/c1-21(2,3)30-20(27)25-10-7-16(8-11-25)31(28,29)26-12-5-15(6-13-26)18-17-4-9-22-19(17)24-14-23-18/h4,9,14-16H,5-8,10-13H2,1-3H3,(H,22,23,24).